The van der Waals surface area contributed by atoms with Gasteiger partial charge in [0.25, 0.3) is 0 Å². The smallest absolute Gasteiger partial charge is 0.230 e. The first kappa shape index (κ1) is 10.9. The number of benzene rings is 1. The molecule has 0 bridgehead atoms. The minimum Gasteiger partial charge on any atom is -0.373 e. The van der Waals surface area contributed by atoms with Gasteiger partial charge in [-0.05, 0) is 11.6 Å². The fourth-order valence-corrected chi connectivity index (χ4v) is 1.36. The molecule has 0 aliphatic rings. The highest BCUT2D eigenvalue weighted by atomic mass is 19.1. The molecule has 14 heavy (non-hydrogen) atoms. The zero-order valence-corrected chi connectivity index (χ0v) is 8.16. The predicted molar refractivity (Wildman–Crippen MR) is 51.3 cm³/mol. The molecule has 1 aromatic rings. The molecule has 0 saturated heterocycles. The van der Waals surface area contributed by atoms with E-state index in [1.807, 2.05) is 0 Å². The number of rotatable bonds is 4. The fourth-order valence-electron chi connectivity index (χ4n) is 1.36. The zero-order valence-electron chi connectivity index (χ0n) is 8.16. The Hall–Kier alpha value is -1.22. The van der Waals surface area contributed by atoms with Crippen molar-refractivity contribution in [1.29, 1.82) is 0 Å². The molecule has 2 nitrogen and oxygen atoms in total. The van der Waals surface area contributed by atoms with E-state index in [1.165, 1.54) is 13.2 Å². The Morgan fingerprint density at radius 1 is 1.43 bits per heavy atom. The molecule has 2 unspecified atom stereocenters. The Bertz CT molecular complexity index is 312. The maximum atomic E-state index is 13.3. The number of carbonyl (C=O) groups excluding carboxylic acids is 1. The molecule has 0 aliphatic heterocycles. The second-order valence-corrected chi connectivity index (χ2v) is 3.08. The van der Waals surface area contributed by atoms with Crippen LogP contribution >= 0.6 is 0 Å². The topological polar surface area (TPSA) is 26.3 Å². The Morgan fingerprint density at radius 2 is 2.07 bits per heavy atom. The summed E-state index contributed by atoms with van der Waals surface area (Å²) in [7, 11) is 1.41. The van der Waals surface area contributed by atoms with Crippen LogP contribution in [0.25, 0.3) is 0 Å². The van der Waals surface area contributed by atoms with E-state index < -0.39 is 6.10 Å². The van der Waals surface area contributed by atoms with Gasteiger partial charge >= 0.3 is 0 Å². The molecule has 1 rings (SSSR count). The molecule has 0 amide bonds. The van der Waals surface area contributed by atoms with Gasteiger partial charge in [-0.1, -0.05) is 25.1 Å². The van der Waals surface area contributed by atoms with Gasteiger partial charge in [-0.2, -0.15) is 0 Å². The third-order valence-corrected chi connectivity index (χ3v) is 2.22. The number of hydrogen-bond acceptors (Lipinski definition) is 2. The third kappa shape index (κ3) is 2.17. The average molecular weight is 195 g/mol. The van der Waals surface area contributed by atoms with Crippen LogP contribution in [0.3, 0.4) is 0 Å². The number of halogens is 1. The summed E-state index contributed by atoms with van der Waals surface area (Å²) in [6.45, 7) is 1.73. The summed E-state index contributed by atoms with van der Waals surface area (Å²) in [5, 5.41) is 0. The molecular weight excluding hydrogens is 183 g/mol. The lowest BCUT2D eigenvalue weighted by Gasteiger charge is -2.17. The number of hydrogen-bond donors (Lipinski definition) is 0. The van der Waals surface area contributed by atoms with Crippen molar-refractivity contribution in [2.24, 2.45) is 0 Å². The van der Waals surface area contributed by atoms with E-state index in [1.54, 1.807) is 31.4 Å². The standard InChI is InChI=1S/C11H12FO2/c1-8(11(7-13)14-2)9-5-3-4-6-10(9)12/h3-6,8,11H,1-2H3. The largest absolute Gasteiger partial charge is 0.373 e. The Kier molecular flexibility index (Phi) is 3.77. The summed E-state index contributed by atoms with van der Waals surface area (Å²) in [6.07, 6.45) is 1.02. The first-order valence-electron chi connectivity index (χ1n) is 4.35. The number of ether oxygens (including phenoxy) is 1. The highest BCUT2D eigenvalue weighted by Gasteiger charge is 2.20. The molecule has 0 aliphatic carbocycles. The van der Waals surface area contributed by atoms with E-state index >= 15 is 0 Å². The summed E-state index contributed by atoms with van der Waals surface area (Å²) < 4.78 is 18.2. The van der Waals surface area contributed by atoms with E-state index in [9.17, 15) is 9.18 Å². The van der Waals surface area contributed by atoms with Crippen molar-refractivity contribution < 1.29 is 13.9 Å². The molecular formula is C11H12FO2. The molecule has 0 fully saturated rings. The molecule has 1 aromatic carbocycles. The van der Waals surface area contributed by atoms with Gasteiger partial charge in [0.1, 0.15) is 11.9 Å². The van der Waals surface area contributed by atoms with Crippen molar-refractivity contribution in [2.75, 3.05) is 7.11 Å². The number of methoxy groups -OCH3 is 1. The molecule has 2 atom stereocenters. The molecule has 0 saturated carbocycles. The molecule has 0 heterocycles. The van der Waals surface area contributed by atoms with Gasteiger partial charge in [-0.25, -0.2) is 4.39 Å². The van der Waals surface area contributed by atoms with Crippen LogP contribution in [-0.4, -0.2) is 19.5 Å². The van der Waals surface area contributed by atoms with E-state index in [0.29, 0.717) is 5.56 Å². The van der Waals surface area contributed by atoms with Gasteiger partial charge in [0.2, 0.25) is 6.29 Å². The lowest BCUT2D eigenvalue weighted by atomic mass is 9.95. The van der Waals surface area contributed by atoms with Crippen LogP contribution in [0.2, 0.25) is 0 Å². The lowest BCUT2D eigenvalue weighted by molar-refractivity contribution is 0.132. The van der Waals surface area contributed by atoms with Gasteiger partial charge < -0.3 is 4.74 Å². The zero-order chi connectivity index (χ0) is 10.6. The SMILES string of the molecule is COC([C]=O)C(C)c1ccccc1F. The monoisotopic (exact) mass is 195 g/mol. The molecule has 75 valence electrons. The maximum absolute atomic E-state index is 13.3. The Morgan fingerprint density at radius 3 is 2.57 bits per heavy atom. The van der Waals surface area contributed by atoms with Gasteiger partial charge in [-0.15, -0.1) is 0 Å². The van der Waals surface area contributed by atoms with E-state index in [-0.39, 0.29) is 11.7 Å². The fraction of sp³-hybridized carbons (Fsp3) is 0.364. The quantitative estimate of drug-likeness (QED) is 0.735. The van der Waals surface area contributed by atoms with Crippen LogP contribution in [0.1, 0.15) is 18.4 Å². The van der Waals surface area contributed by atoms with E-state index in [2.05, 4.69) is 0 Å². The highest BCUT2D eigenvalue weighted by Crippen LogP contribution is 2.22. The Labute approximate surface area is 82.7 Å². The van der Waals surface area contributed by atoms with Gasteiger partial charge in [0.05, 0.1) is 0 Å². The van der Waals surface area contributed by atoms with Crippen LogP contribution in [0.4, 0.5) is 4.39 Å². The summed E-state index contributed by atoms with van der Waals surface area (Å²) in [4.78, 5) is 10.5. The second kappa shape index (κ2) is 4.86. The third-order valence-electron chi connectivity index (χ3n) is 2.22. The van der Waals surface area contributed by atoms with Crippen LogP contribution in [0.15, 0.2) is 24.3 Å². The van der Waals surface area contributed by atoms with Crippen molar-refractivity contribution in [3.05, 3.63) is 35.6 Å². The van der Waals surface area contributed by atoms with Crippen molar-refractivity contribution in [2.45, 2.75) is 18.9 Å². The van der Waals surface area contributed by atoms with Crippen molar-refractivity contribution in [3.63, 3.8) is 0 Å². The normalized spacial score (nSPS) is 14.8. The lowest BCUT2D eigenvalue weighted by Crippen LogP contribution is -2.20. The van der Waals surface area contributed by atoms with Gasteiger partial charge in [0, 0.05) is 13.0 Å². The maximum Gasteiger partial charge on any atom is 0.230 e. The molecule has 0 aromatic heterocycles. The minimum atomic E-state index is -0.716. The van der Waals surface area contributed by atoms with E-state index in [4.69, 9.17) is 4.74 Å². The first-order chi connectivity index (χ1) is 6.70. The van der Waals surface area contributed by atoms with Crippen LogP contribution in [-0.2, 0) is 9.53 Å². The van der Waals surface area contributed by atoms with E-state index in [0.717, 1.165) is 0 Å². The van der Waals surface area contributed by atoms with Crippen molar-refractivity contribution in [1.82, 2.24) is 0 Å². The van der Waals surface area contributed by atoms with Crippen molar-refractivity contribution in [3.8, 4) is 0 Å². The van der Waals surface area contributed by atoms with Gasteiger partial charge in [-0.3, -0.25) is 4.79 Å². The Balaban J connectivity index is 2.93. The first-order valence-corrected chi connectivity index (χ1v) is 4.35. The van der Waals surface area contributed by atoms with Crippen LogP contribution in [0.5, 0.6) is 0 Å². The van der Waals surface area contributed by atoms with Crippen molar-refractivity contribution >= 4 is 6.29 Å². The summed E-state index contributed by atoms with van der Waals surface area (Å²) in [6, 6.07) is 6.34. The molecule has 0 N–H and O–H groups in total. The summed E-state index contributed by atoms with van der Waals surface area (Å²) in [5.74, 6) is -0.643. The second-order valence-electron chi connectivity index (χ2n) is 3.08. The molecule has 1 radical (unpaired) electrons. The predicted octanol–water partition coefficient (Wildman–Crippen LogP) is 2.05. The highest BCUT2D eigenvalue weighted by molar-refractivity contribution is 5.59. The van der Waals surface area contributed by atoms with Crippen LogP contribution < -0.4 is 0 Å². The van der Waals surface area contributed by atoms with Gasteiger partial charge in [0.15, 0.2) is 0 Å². The molecule has 0 spiro atoms. The summed E-state index contributed by atoms with van der Waals surface area (Å²) >= 11 is 0. The van der Waals surface area contributed by atoms with Crippen LogP contribution in [0, 0.1) is 5.82 Å². The molecule has 3 heteroatoms. The minimum absolute atomic E-state index is 0.321. The average Bonchev–Trinajstić information content (AvgIpc) is 2.20. The summed E-state index contributed by atoms with van der Waals surface area (Å²) in [5.41, 5.74) is 0.475.